The van der Waals surface area contributed by atoms with Crippen LogP contribution in [0.1, 0.15) is 40.7 Å². The number of anilines is 1. The Hall–Kier alpha value is -2.40. The lowest BCUT2D eigenvalue weighted by Gasteiger charge is -2.36. The molecule has 1 aliphatic carbocycles. The van der Waals surface area contributed by atoms with Crippen molar-refractivity contribution in [1.29, 1.82) is 0 Å². The van der Waals surface area contributed by atoms with Crippen molar-refractivity contribution in [2.24, 2.45) is 0 Å². The zero-order chi connectivity index (χ0) is 17.2. The lowest BCUT2D eigenvalue weighted by atomic mass is 9.91. The van der Waals surface area contributed by atoms with E-state index in [1.165, 1.54) is 48.7 Å². The van der Waals surface area contributed by atoms with Gasteiger partial charge in [-0.25, -0.2) is 0 Å². The number of pyridine rings is 1. The second kappa shape index (κ2) is 6.84. The summed E-state index contributed by atoms with van der Waals surface area (Å²) in [6.45, 7) is 2.25. The fourth-order valence-electron chi connectivity index (χ4n) is 3.69. The molecule has 1 fully saturated rings. The molecule has 2 aromatic rings. The third kappa shape index (κ3) is 3.51. The first-order valence-corrected chi connectivity index (χ1v) is 9.05. The van der Waals surface area contributed by atoms with Crippen molar-refractivity contribution in [1.82, 2.24) is 9.88 Å². The van der Waals surface area contributed by atoms with E-state index in [4.69, 9.17) is 0 Å². The van der Waals surface area contributed by atoms with E-state index in [2.05, 4.69) is 27.3 Å². The molecule has 2 heterocycles. The topological polar surface area (TPSA) is 65.2 Å². The Morgan fingerprint density at radius 2 is 1.88 bits per heavy atom. The van der Waals surface area contributed by atoms with E-state index < -0.39 is 0 Å². The average molecular weight is 337 g/mol. The monoisotopic (exact) mass is 337 g/mol. The number of aromatic nitrogens is 1. The van der Waals surface area contributed by atoms with Crippen LogP contribution in [0, 0.1) is 0 Å². The molecule has 1 aromatic heterocycles. The van der Waals surface area contributed by atoms with Crippen molar-refractivity contribution in [3.05, 3.63) is 63.6 Å². The molecule has 1 saturated carbocycles. The van der Waals surface area contributed by atoms with Crippen molar-refractivity contribution in [2.45, 2.75) is 38.1 Å². The number of fused-ring (bicyclic) bond motifs is 1. The van der Waals surface area contributed by atoms with E-state index in [-0.39, 0.29) is 11.5 Å². The molecule has 5 nitrogen and oxygen atoms in total. The standard InChI is InChI=1S/C20H23N3O2/c24-19-7-5-16(13-21-19)20(25)22-17-6-4-14-8-10-23(18-2-1-3-18)11-9-15(14)12-17/h4-7,12-13,18H,1-3,8-11H2,(H,21,24)(H,22,25). The molecule has 0 unspecified atom stereocenters. The highest BCUT2D eigenvalue weighted by Crippen LogP contribution is 2.28. The Bertz CT molecular complexity index is 819. The number of nitrogens with zero attached hydrogens (tertiary/aromatic N) is 1. The summed E-state index contributed by atoms with van der Waals surface area (Å²) in [5.41, 5.74) is 3.78. The highest BCUT2D eigenvalue weighted by Gasteiger charge is 2.26. The Labute approximate surface area is 147 Å². The smallest absolute Gasteiger partial charge is 0.257 e. The Morgan fingerprint density at radius 3 is 2.56 bits per heavy atom. The lowest BCUT2D eigenvalue weighted by Crippen LogP contribution is -2.41. The molecule has 2 N–H and O–H groups in total. The summed E-state index contributed by atoms with van der Waals surface area (Å²) in [4.78, 5) is 28.6. The Kier molecular flexibility index (Phi) is 4.40. The first-order chi connectivity index (χ1) is 12.2. The fraction of sp³-hybridized carbons (Fsp3) is 0.400. The number of H-pyrrole nitrogens is 1. The molecule has 0 bridgehead atoms. The average Bonchev–Trinajstić information content (AvgIpc) is 2.77. The molecule has 25 heavy (non-hydrogen) atoms. The summed E-state index contributed by atoms with van der Waals surface area (Å²) in [7, 11) is 0. The Balaban J connectivity index is 1.46. The minimum Gasteiger partial charge on any atom is -0.328 e. The summed E-state index contributed by atoms with van der Waals surface area (Å²) in [5.74, 6) is -0.207. The predicted octanol–water partition coefficient (Wildman–Crippen LogP) is 2.58. The van der Waals surface area contributed by atoms with Crippen LogP contribution >= 0.6 is 0 Å². The minimum atomic E-state index is -0.211. The number of hydrogen-bond donors (Lipinski definition) is 2. The molecule has 1 amide bonds. The molecule has 1 aliphatic heterocycles. The van der Waals surface area contributed by atoms with Gasteiger partial charge < -0.3 is 10.3 Å². The zero-order valence-electron chi connectivity index (χ0n) is 14.3. The van der Waals surface area contributed by atoms with Gasteiger partial charge in [0, 0.05) is 37.1 Å². The van der Waals surface area contributed by atoms with Crippen LogP contribution in [0.3, 0.4) is 0 Å². The molecular formula is C20H23N3O2. The third-order valence-corrected chi connectivity index (χ3v) is 5.44. The number of nitrogens with one attached hydrogen (secondary N) is 2. The maximum atomic E-state index is 12.3. The normalized spacial score (nSPS) is 18.1. The lowest BCUT2D eigenvalue weighted by molar-refractivity contribution is 0.102. The molecular weight excluding hydrogens is 314 g/mol. The van der Waals surface area contributed by atoms with Crippen molar-refractivity contribution in [3.8, 4) is 0 Å². The van der Waals surface area contributed by atoms with Crippen LogP contribution in [0.25, 0.3) is 0 Å². The van der Waals surface area contributed by atoms with Crippen LogP contribution in [0.4, 0.5) is 5.69 Å². The highest BCUT2D eigenvalue weighted by molar-refractivity contribution is 6.04. The zero-order valence-corrected chi connectivity index (χ0v) is 14.3. The third-order valence-electron chi connectivity index (χ3n) is 5.44. The molecule has 0 saturated heterocycles. The maximum Gasteiger partial charge on any atom is 0.257 e. The number of carbonyl (C=O) groups excluding carboxylic acids is 1. The van der Waals surface area contributed by atoms with E-state index in [0.29, 0.717) is 5.56 Å². The van der Waals surface area contributed by atoms with Crippen LogP contribution in [0.15, 0.2) is 41.3 Å². The van der Waals surface area contributed by atoms with Gasteiger partial charge in [-0.2, -0.15) is 0 Å². The molecule has 2 aliphatic rings. The molecule has 5 heteroatoms. The maximum absolute atomic E-state index is 12.3. The predicted molar refractivity (Wildman–Crippen MR) is 98.1 cm³/mol. The minimum absolute atomic E-state index is 0.207. The molecule has 0 radical (unpaired) electrons. The first-order valence-electron chi connectivity index (χ1n) is 9.05. The van der Waals surface area contributed by atoms with Crippen LogP contribution in [-0.4, -0.2) is 34.9 Å². The number of carbonyl (C=O) groups is 1. The van der Waals surface area contributed by atoms with Crippen molar-refractivity contribution >= 4 is 11.6 Å². The van der Waals surface area contributed by atoms with Crippen molar-refractivity contribution < 1.29 is 4.79 Å². The first kappa shape index (κ1) is 16.1. The van der Waals surface area contributed by atoms with Crippen LogP contribution in [-0.2, 0) is 12.8 Å². The quantitative estimate of drug-likeness (QED) is 0.905. The number of rotatable bonds is 3. The van der Waals surface area contributed by atoms with Gasteiger partial charge >= 0.3 is 0 Å². The van der Waals surface area contributed by atoms with E-state index in [1.54, 1.807) is 0 Å². The molecule has 0 spiro atoms. The number of benzene rings is 1. The van der Waals surface area contributed by atoms with Crippen molar-refractivity contribution in [2.75, 3.05) is 18.4 Å². The van der Waals surface area contributed by atoms with Gasteiger partial charge in [-0.15, -0.1) is 0 Å². The Morgan fingerprint density at radius 1 is 1.08 bits per heavy atom. The van der Waals surface area contributed by atoms with E-state index >= 15 is 0 Å². The van der Waals surface area contributed by atoms with Gasteiger partial charge in [0.15, 0.2) is 0 Å². The molecule has 4 rings (SSSR count). The van der Waals surface area contributed by atoms with E-state index in [9.17, 15) is 9.59 Å². The van der Waals surface area contributed by atoms with Gasteiger partial charge in [0.1, 0.15) is 0 Å². The summed E-state index contributed by atoms with van der Waals surface area (Å²) in [6.07, 6.45) is 7.62. The molecule has 130 valence electrons. The van der Waals surface area contributed by atoms with Gasteiger partial charge in [0.05, 0.1) is 5.56 Å². The van der Waals surface area contributed by atoms with Gasteiger partial charge in [-0.3, -0.25) is 14.5 Å². The van der Waals surface area contributed by atoms with Crippen LogP contribution in [0.2, 0.25) is 0 Å². The highest BCUT2D eigenvalue weighted by atomic mass is 16.1. The second-order valence-corrected chi connectivity index (χ2v) is 7.00. The number of hydrogen-bond acceptors (Lipinski definition) is 3. The van der Waals surface area contributed by atoms with Crippen molar-refractivity contribution in [3.63, 3.8) is 0 Å². The largest absolute Gasteiger partial charge is 0.328 e. The number of aromatic amines is 1. The van der Waals surface area contributed by atoms with Gasteiger partial charge in [0.2, 0.25) is 5.56 Å². The SMILES string of the molecule is O=C(Nc1ccc2c(c1)CCN(C1CCC1)CC2)c1ccc(=O)[nH]c1. The van der Waals surface area contributed by atoms with Gasteiger partial charge in [0.25, 0.3) is 5.91 Å². The summed E-state index contributed by atoms with van der Waals surface area (Å²) < 4.78 is 0. The van der Waals surface area contributed by atoms with E-state index in [1.807, 2.05) is 6.07 Å². The van der Waals surface area contributed by atoms with Crippen LogP contribution < -0.4 is 10.9 Å². The molecule has 1 aromatic carbocycles. The molecule has 0 atom stereocenters. The number of amides is 1. The summed E-state index contributed by atoms with van der Waals surface area (Å²) in [6, 6.07) is 9.90. The van der Waals surface area contributed by atoms with Gasteiger partial charge in [-0.05, 0) is 55.0 Å². The van der Waals surface area contributed by atoms with Crippen LogP contribution in [0.5, 0.6) is 0 Å². The summed E-state index contributed by atoms with van der Waals surface area (Å²) >= 11 is 0. The fourth-order valence-corrected chi connectivity index (χ4v) is 3.69. The van der Waals surface area contributed by atoms with Gasteiger partial charge in [-0.1, -0.05) is 12.5 Å². The van der Waals surface area contributed by atoms with E-state index in [0.717, 1.165) is 37.7 Å². The summed E-state index contributed by atoms with van der Waals surface area (Å²) in [5, 5.41) is 2.93. The second-order valence-electron chi connectivity index (χ2n) is 7.00.